The fourth-order valence-electron chi connectivity index (χ4n) is 4.21. The van der Waals surface area contributed by atoms with E-state index in [2.05, 4.69) is 38.3 Å². The summed E-state index contributed by atoms with van der Waals surface area (Å²) in [7, 11) is 0. The lowest BCUT2D eigenvalue weighted by molar-refractivity contribution is -0.116. The Morgan fingerprint density at radius 2 is 1.66 bits per heavy atom. The van der Waals surface area contributed by atoms with Crippen LogP contribution in [0.2, 0.25) is 0 Å². The summed E-state index contributed by atoms with van der Waals surface area (Å²) in [6, 6.07) is 23.3. The minimum absolute atomic E-state index is 0.0689. The van der Waals surface area contributed by atoms with Gasteiger partial charge in [0.15, 0.2) is 0 Å². The van der Waals surface area contributed by atoms with Crippen molar-refractivity contribution in [2.24, 2.45) is 0 Å². The van der Waals surface area contributed by atoms with Crippen molar-refractivity contribution < 1.29 is 9.59 Å². The van der Waals surface area contributed by atoms with Crippen molar-refractivity contribution in [3.05, 3.63) is 84.1 Å². The highest BCUT2D eigenvalue weighted by atomic mass is 16.2. The van der Waals surface area contributed by atoms with Crippen molar-refractivity contribution in [1.29, 1.82) is 0 Å². The van der Waals surface area contributed by atoms with Gasteiger partial charge in [0.2, 0.25) is 5.91 Å². The molecule has 1 aromatic heterocycles. The van der Waals surface area contributed by atoms with Gasteiger partial charge in [-0.2, -0.15) is 5.10 Å². The zero-order valence-electron chi connectivity index (χ0n) is 22.9. The molecule has 0 atom stereocenters. The van der Waals surface area contributed by atoms with Crippen molar-refractivity contribution in [2.45, 2.75) is 52.9 Å². The molecule has 3 amide bonds. The molecule has 0 aliphatic heterocycles. The summed E-state index contributed by atoms with van der Waals surface area (Å²) in [5.41, 5.74) is 3.40. The second-order valence-corrected chi connectivity index (χ2v) is 10.7. The van der Waals surface area contributed by atoms with E-state index in [-0.39, 0.29) is 23.9 Å². The zero-order chi connectivity index (χ0) is 27.3. The number of rotatable bonds is 8. The van der Waals surface area contributed by atoms with E-state index in [4.69, 9.17) is 5.10 Å². The predicted octanol–water partition coefficient (Wildman–Crippen LogP) is 6.90. The number of carbonyl (C=O) groups is 2. The van der Waals surface area contributed by atoms with E-state index >= 15 is 0 Å². The largest absolute Gasteiger partial charge is 0.322 e. The number of aromatic nitrogens is 2. The lowest BCUT2D eigenvalue weighted by atomic mass is 9.92. The molecule has 0 aliphatic carbocycles. The van der Waals surface area contributed by atoms with Gasteiger partial charge in [0.05, 0.1) is 17.1 Å². The van der Waals surface area contributed by atoms with Crippen LogP contribution in [0.15, 0.2) is 72.8 Å². The molecule has 0 spiro atoms. The van der Waals surface area contributed by atoms with Crippen molar-refractivity contribution in [1.82, 2.24) is 14.7 Å². The molecular formula is C31H37N5O2. The first kappa shape index (κ1) is 26.9. The van der Waals surface area contributed by atoms with Crippen LogP contribution >= 0.6 is 0 Å². The van der Waals surface area contributed by atoms with Crippen LogP contribution in [0.4, 0.5) is 16.3 Å². The Hall–Kier alpha value is -4.13. The summed E-state index contributed by atoms with van der Waals surface area (Å²) in [6.07, 6.45) is 1.71. The lowest BCUT2D eigenvalue weighted by Gasteiger charge is -2.23. The van der Waals surface area contributed by atoms with Crippen LogP contribution in [0.5, 0.6) is 0 Å². The maximum absolute atomic E-state index is 13.3. The Kier molecular flexibility index (Phi) is 8.15. The van der Waals surface area contributed by atoms with E-state index < -0.39 is 0 Å². The van der Waals surface area contributed by atoms with Crippen molar-refractivity contribution in [2.75, 3.05) is 23.7 Å². The molecule has 0 saturated carbocycles. The Balaban J connectivity index is 1.55. The summed E-state index contributed by atoms with van der Waals surface area (Å²) in [4.78, 5) is 28.2. The number of anilines is 2. The Morgan fingerprint density at radius 1 is 0.947 bits per heavy atom. The van der Waals surface area contributed by atoms with Crippen LogP contribution in [0.3, 0.4) is 0 Å². The molecule has 198 valence electrons. The molecule has 7 heteroatoms. The number of carbonyl (C=O) groups excluding carboxylic acids is 2. The zero-order valence-corrected chi connectivity index (χ0v) is 22.9. The fourth-order valence-corrected chi connectivity index (χ4v) is 4.21. The van der Waals surface area contributed by atoms with Gasteiger partial charge >= 0.3 is 6.03 Å². The number of hydrogen-bond donors (Lipinski definition) is 2. The molecule has 1 heterocycles. The van der Waals surface area contributed by atoms with Crippen molar-refractivity contribution >= 4 is 34.2 Å². The van der Waals surface area contributed by atoms with Crippen LogP contribution in [-0.4, -0.2) is 39.7 Å². The van der Waals surface area contributed by atoms with E-state index in [1.807, 2.05) is 79.7 Å². The number of nitrogens with zero attached hydrogens (tertiary/aromatic N) is 3. The topological polar surface area (TPSA) is 79.3 Å². The van der Waals surface area contributed by atoms with E-state index in [0.717, 1.165) is 46.2 Å². The second-order valence-electron chi connectivity index (χ2n) is 10.7. The minimum Gasteiger partial charge on any atom is -0.315 e. The van der Waals surface area contributed by atoms with Gasteiger partial charge in [-0.25, -0.2) is 9.48 Å². The van der Waals surface area contributed by atoms with Gasteiger partial charge in [-0.05, 0) is 36.9 Å². The van der Waals surface area contributed by atoms with Crippen LogP contribution in [-0.2, 0) is 10.2 Å². The van der Waals surface area contributed by atoms with Crippen LogP contribution in [0, 0.1) is 6.92 Å². The van der Waals surface area contributed by atoms with E-state index in [1.54, 1.807) is 9.58 Å². The third-order valence-corrected chi connectivity index (χ3v) is 6.46. The number of fused-ring (bicyclic) bond motifs is 1. The SMILES string of the molecule is CCCCN(CC(=O)Nc1cc(C(C)(C)C)nn1-c1ccc(C)cc1)C(=O)Nc1cccc2ccccc12. The summed E-state index contributed by atoms with van der Waals surface area (Å²) < 4.78 is 1.75. The first-order valence-electron chi connectivity index (χ1n) is 13.2. The molecule has 0 saturated heterocycles. The highest BCUT2D eigenvalue weighted by molar-refractivity contribution is 6.03. The molecule has 0 bridgehead atoms. The number of benzene rings is 3. The number of urea groups is 1. The van der Waals surface area contributed by atoms with Crippen molar-refractivity contribution in [3.8, 4) is 5.69 Å². The average Bonchev–Trinajstić information content (AvgIpc) is 3.31. The third-order valence-electron chi connectivity index (χ3n) is 6.46. The highest BCUT2D eigenvalue weighted by Crippen LogP contribution is 2.27. The highest BCUT2D eigenvalue weighted by Gasteiger charge is 2.23. The van der Waals surface area contributed by atoms with E-state index in [9.17, 15) is 9.59 Å². The summed E-state index contributed by atoms with van der Waals surface area (Å²) in [6.45, 7) is 10.8. The van der Waals surface area contributed by atoms with Gasteiger partial charge in [-0.15, -0.1) is 0 Å². The summed E-state index contributed by atoms with van der Waals surface area (Å²) >= 11 is 0. The van der Waals surface area contributed by atoms with Gasteiger partial charge in [-0.1, -0.05) is 88.2 Å². The Morgan fingerprint density at radius 3 is 2.37 bits per heavy atom. The molecule has 4 rings (SSSR count). The first-order chi connectivity index (χ1) is 18.2. The van der Waals surface area contributed by atoms with Crippen LogP contribution in [0.1, 0.15) is 51.8 Å². The summed E-state index contributed by atoms with van der Waals surface area (Å²) in [5.74, 6) is 0.302. The molecule has 38 heavy (non-hydrogen) atoms. The molecular weight excluding hydrogens is 474 g/mol. The number of amides is 3. The minimum atomic E-state index is -0.299. The van der Waals surface area contributed by atoms with Gasteiger partial charge < -0.3 is 15.5 Å². The second kappa shape index (κ2) is 11.5. The number of hydrogen-bond acceptors (Lipinski definition) is 3. The molecule has 0 unspecified atom stereocenters. The molecule has 0 fully saturated rings. The molecule has 0 aliphatic rings. The molecule has 3 aromatic carbocycles. The van der Waals surface area contributed by atoms with Gasteiger partial charge in [0.25, 0.3) is 0 Å². The molecule has 0 radical (unpaired) electrons. The summed E-state index contributed by atoms with van der Waals surface area (Å²) in [5, 5.41) is 12.8. The Labute approximate surface area is 224 Å². The average molecular weight is 512 g/mol. The first-order valence-corrected chi connectivity index (χ1v) is 13.2. The van der Waals surface area contributed by atoms with Crippen LogP contribution < -0.4 is 10.6 Å². The Bertz CT molecular complexity index is 1410. The smallest absolute Gasteiger partial charge is 0.315 e. The quantitative estimate of drug-likeness (QED) is 0.270. The number of nitrogens with one attached hydrogen (secondary N) is 2. The molecule has 4 aromatic rings. The standard InChI is InChI=1S/C31H37N5O2/c1-6-7-19-35(30(38)32-26-14-10-12-23-11-8-9-13-25(23)26)21-29(37)33-28-20-27(31(3,4)5)34-36(28)24-17-15-22(2)16-18-24/h8-18,20H,6-7,19,21H2,1-5H3,(H,32,38)(H,33,37). The predicted molar refractivity (Wildman–Crippen MR) is 155 cm³/mol. The monoisotopic (exact) mass is 511 g/mol. The molecule has 7 nitrogen and oxygen atoms in total. The van der Waals surface area contributed by atoms with Gasteiger partial charge in [-0.3, -0.25) is 4.79 Å². The maximum Gasteiger partial charge on any atom is 0.322 e. The van der Waals surface area contributed by atoms with Gasteiger partial charge in [0, 0.05) is 23.4 Å². The number of unbranched alkanes of at least 4 members (excludes halogenated alkanes) is 1. The normalized spacial score (nSPS) is 11.4. The third kappa shape index (κ3) is 6.40. The lowest BCUT2D eigenvalue weighted by Crippen LogP contribution is -2.41. The van der Waals surface area contributed by atoms with Gasteiger partial charge in [0.1, 0.15) is 12.4 Å². The fraction of sp³-hybridized carbons (Fsp3) is 0.323. The van der Waals surface area contributed by atoms with Crippen molar-refractivity contribution in [3.63, 3.8) is 0 Å². The molecule has 2 N–H and O–H groups in total. The maximum atomic E-state index is 13.3. The van der Waals surface area contributed by atoms with E-state index in [1.165, 1.54) is 0 Å². The van der Waals surface area contributed by atoms with E-state index in [0.29, 0.717) is 12.4 Å². The van der Waals surface area contributed by atoms with Crippen LogP contribution in [0.25, 0.3) is 16.5 Å². The number of aryl methyl sites for hydroxylation is 1.